The van der Waals surface area contributed by atoms with Crippen LogP contribution >= 0.6 is 0 Å². The summed E-state index contributed by atoms with van der Waals surface area (Å²) >= 11 is 0. The van der Waals surface area contributed by atoms with Gasteiger partial charge < -0.3 is 22.4 Å². The molecule has 1 aromatic heterocycles. The van der Waals surface area contributed by atoms with Gasteiger partial charge in [0.15, 0.2) is 0 Å². The third-order valence-electron chi connectivity index (χ3n) is 6.62. The summed E-state index contributed by atoms with van der Waals surface area (Å²) < 4.78 is 29.4. The molecule has 0 atom stereocenters. The van der Waals surface area contributed by atoms with Gasteiger partial charge in [-0.2, -0.15) is 0 Å². The van der Waals surface area contributed by atoms with Crippen molar-refractivity contribution in [1.82, 2.24) is 0 Å². The van der Waals surface area contributed by atoms with E-state index in [9.17, 15) is 4.79 Å². The van der Waals surface area contributed by atoms with Gasteiger partial charge in [0.25, 0.3) is 0 Å². The quantitative estimate of drug-likeness (QED) is 0.0932. The molecule has 0 aliphatic carbocycles. The van der Waals surface area contributed by atoms with Crippen LogP contribution in [0.1, 0.15) is 71.8 Å². The van der Waals surface area contributed by atoms with Gasteiger partial charge in [0.1, 0.15) is 11.3 Å². The molecule has 2 aromatic carbocycles. The van der Waals surface area contributed by atoms with Crippen molar-refractivity contribution in [2.45, 2.75) is 78.7 Å². The molecule has 0 saturated carbocycles. The maximum atomic E-state index is 12.6. The highest BCUT2D eigenvalue weighted by Gasteiger charge is 2.39. The molecule has 0 aliphatic rings. The Balaban J connectivity index is 1.40. The zero-order valence-corrected chi connectivity index (χ0v) is 24.6. The molecule has 7 heteroatoms. The second-order valence-corrected chi connectivity index (χ2v) is 12.1. The minimum absolute atomic E-state index is 0.331. The first-order valence-electron chi connectivity index (χ1n) is 14.3. The molecule has 0 bridgehead atoms. The zero-order chi connectivity index (χ0) is 27.2. The van der Waals surface area contributed by atoms with Crippen LogP contribution in [0.3, 0.4) is 0 Å². The zero-order valence-electron chi connectivity index (χ0n) is 23.6. The first-order valence-corrected chi connectivity index (χ1v) is 16.2. The van der Waals surface area contributed by atoms with Gasteiger partial charge in [0, 0.05) is 37.3 Å². The van der Waals surface area contributed by atoms with E-state index in [-0.39, 0.29) is 5.63 Å². The maximum Gasteiger partial charge on any atom is 0.500 e. The van der Waals surface area contributed by atoms with E-state index < -0.39 is 8.80 Å². The van der Waals surface area contributed by atoms with Crippen LogP contribution in [0.5, 0.6) is 5.75 Å². The Morgan fingerprint density at radius 2 is 1.37 bits per heavy atom. The van der Waals surface area contributed by atoms with Crippen LogP contribution in [0.15, 0.2) is 57.7 Å². The first-order chi connectivity index (χ1) is 18.5. The predicted molar refractivity (Wildman–Crippen MR) is 156 cm³/mol. The summed E-state index contributed by atoms with van der Waals surface area (Å²) in [6, 6.07) is 16.5. The van der Waals surface area contributed by atoms with Gasteiger partial charge in [-0.3, -0.25) is 0 Å². The van der Waals surface area contributed by atoms with Gasteiger partial charge in [-0.25, -0.2) is 4.79 Å². The molecule has 0 radical (unpaired) electrons. The molecule has 3 aromatic rings. The lowest BCUT2D eigenvalue weighted by Gasteiger charge is -2.28. The molecule has 0 saturated heterocycles. The van der Waals surface area contributed by atoms with Crippen LogP contribution in [-0.4, -0.2) is 35.2 Å². The van der Waals surface area contributed by atoms with Crippen molar-refractivity contribution < 1.29 is 22.4 Å². The lowest BCUT2D eigenvalue weighted by molar-refractivity contribution is 0.0706. The third-order valence-corrected chi connectivity index (χ3v) is 9.77. The fourth-order valence-corrected chi connectivity index (χ4v) is 7.33. The lowest BCUT2D eigenvalue weighted by atomic mass is 10.0. The van der Waals surface area contributed by atoms with Crippen molar-refractivity contribution >= 4 is 19.8 Å². The second-order valence-electron chi connectivity index (χ2n) is 9.40. The van der Waals surface area contributed by atoms with Crippen LogP contribution in [0.25, 0.3) is 22.1 Å². The van der Waals surface area contributed by atoms with E-state index in [0.29, 0.717) is 37.6 Å². The monoisotopic (exact) mass is 540 g/mol. The Labute approximate surface area is 228 Å². The Morgan fingerprint density at radius 1 is 0.737 bits per heavy atom. The van der Waals surface area contributed by atoms with Gasteiger partial charge >= 0.3 is 14.4 Å². The topological polar surface area (TPSA) is 67.1 Å². The Hall–Kier alpha value is -2.45. The highest BCUT2D eigenvalue weighted by Crippen LogP contribution is 2.25. The highest BCUT2D eigenvalue weighted by atomic mass is 28.4. The molecule has 0 amide bonds. The van der Waals surface area contributed by atoms with Crippen LogP contribution in [0.4, 0.5) is 0 Å². The molecule has 0 unspecified atom stereocenters. The largest absolute Gasteiger partial charge is 0.500 e. The van der Waals surface area contributed by atoms with Crippen molar-refractivity contribution in [3.63, 3.8) is 0 Å². The fourth-order valence-electron chi connectivity index (χ4n) is 4.64. The molecule has 6 nitrogen and oxygen atoms in total. The molecule has 38 heavy (non-hydrogen) atoms. The van der Waals surface area contributed by atoms with Crippen molar-refractivity contribution in [3.05, 3.63) is 64.5 Å². The fraction of sp³-hybridized carbons (Fsp3) is 0.516. The molecule has 0 fully saturated rings. The molecule has 208 valence electrons. The average Bonchev–Trinajstić information content (AvgIpc) is 2.92. The minimum Gasteiger partial charge on any atom is -0.493 e. The van der Waals surface area contributed by atoms with Crippen molar-refractivity contribution in [2.75, 3.05) is 26.4 Å². The number of rotatable bonds is 18. The van der Waals surface area contributed by atoms with Crippen molar-refractivity contribution in [3.8, 4) is 16.9 Å². The van der Waals surface area contributed by atoms with E-state index in [2.05, 4.69) is 19.1 Å². The van der Waals surface area contributed by atoms with Gasteiger partial charge in [0.2, 0.25) is 0 Å². The Kier molecular flexibility index (Phi) is 12.5. The van der Waals surface area contributed by atoms with Crippen LogP contribution in [-0.2, 0) is 19.7 Å². The number of ether oxygens (including phenoxy) is 1. The number of benzene rings is 2. The van der Waals surface area contributed by atoms with E-state index in [1.807, 2.05) is 57.2 Å². The van der Waals surface area contributed by atoms with Crippen molar-refractivity contribution in [1.29, 1.82) is 0 Å². The summed E-state index contributed by atoms with van der Waals surface area (Å²) in [4.78, 5) is 12.6. The Morgan fingerprint density at radius 3 is 2.00 bits per heavy atom. The maximum absolute atomic E-state index is 12.6. The van der Waals surface area contributed by atoms with Gasteiger partial charge in [-0.1, -0.05) is 56.9 Å². The first kappa shape index (κ1) is 30.1. The van der Waals surface area contributed by atoms with Crippen molar-refractivity contribution in [2.24, 2.45) is 0 Å². The minimum atomic E-state index is -2.51. The summed E-state index contributed by atoms with van der Waals surface area (Å²) in [6.07, 6.45) is 7.64. The molecular weight excluding hydrogens is 496 g/mol. The standard InChI is InChI=1S/C31H44O6Si/c1-5-25-15-17-26(18-16-25)29-23-27-19-20-28(24-30(27)37-31(29)32)33-21-13-11-9-10-12-14-22-38(34-6-2,35-7-3)36-8-4/h15-20,23-24H,5-14,21-22H2,1-4H3. The van der Waals surface area contributed by atoms with E-state index in [0.717, 1.165) is 54.8 Å². The smallest absolute Gasteiger partial charge is 0.493 e. The number of unbranched alkanes of at least 4 members (excludes halogenated alkanes) is 5. The summed E-state index contributed by atoms with van der Waals surface area (Å²) in [5.74, 6) is 0.727. The van der Waals surface area contributed by atoms with E-state index >= 15 is 0 Å². The van der Waals surface area contributed by atoms with E-state index in [4.69, 9.17) is 22.4 Å². The van der Waals surface area contributed by atoms with Gasteiger partial charge in [-0.05, 0) is 69.4 Å². The molecule has 0 aliphatic heterocycles. The SMILES string of the molecule is CCO[Si](CCCCCCCCOc1ccc2cc(-c3ccc(CC)cc3)c(=O)oc2c1)(OCC)OCC. The van der Waals surface area contributed by atoms with Crippen LogP contribution in [0.2, 0.25) is 6.04 Å². The summed E-state index contributed by atoms with van der Waals surface area (Å²) in [7, 11) is -2.51. The molecule has 1 heterocycles. The van der Waals surface area contributed by atoms with E-state index in [1.165, 1.54) is 18.4 Å². The Bertz CT molecular complexity index is 1140. The molecule has 0 spiro atoms. The van der Waals surface area contributed by atoms with E-state index in [1.54, 1.807) is 0 Å². The molecular formula is C31H44O6Si. The summed E-state index contributed by atoms with van der Waals surface area (Å²) in [6.45, 7) is 10.6. The van der Waals surface area contributed by atoms with Gasteiger partial charge in [-0.15, -0.1) is 0 Å². The average molecular weight is 541 g/mol. The number of hydrogen-bond acceptors (Lipinski definition) is 6. The predicted octanol–water partition coefficient (Wildman–Crippen LogP) is 7.79. The summed E-state index contributed by atoms with van der Waals surface area (Å²) in [5.41, 5.74) is 2.91. The van der Waals surface area contributed by atoms with Crippen LogP contribution < -0.4 is 10.4 Å². The van der Waals surface area contributed by atoms with Gasteiger partial charge in [0.05, 0.1) is 12.2 Å². The normalized spacial score (nSPS) is 11.8. The highest BCUT2D eigenvalue weighted by molar-refractivity contribution is 6.60. The second kappa shape index (κ2) is 15.8. The number of aryl methyl sites for hydroxylation is 1. The lowest BCUT2D eigenvalue weighted by Crippen LogP contribution is -2.45. The number of fused-ring (bicyclic) bond motifs is 1. The molecule has 3 rings (SSSR count). The molecule has 0 N–H and O–H groups in total. The third kappa shape index (κ3) is 8.80. The van der Waals surface area contributed by atoms with Crippen LogP contribution in [0, 0.1) is 0 Å². The number of hydrogen-bond donors (Lipinski definition) is 0. The summed E-state index contributed by atoms with van der Waals surface area (Å²) in [5, 5.41) is 0.886.